The average molecular weight is 326 g/mol. The summed E-state index contributed by atoms with van der Waals surface area (Å²) in [5.41, 5.74) is 2.75. The Kier molecular flexibility index (Phi) is 5.46. The Hall–Kier alpha value is -2.37. The molecular weight excluding hydrogens is 304 g/mol. The lowest BCUT2D eigenvalue weighted by Crippen LogP contribution is -2.35. The zero-order valence-corrected chi connectivity index (χ0v) is 13.8. The van der Waals surface area contributed by atoms with Crippen molar-refractivity contribution in [2.75, 3.05) is 33.4 Å². The van der Waals surface area contributed by atoms with E-state index in [1.54, 1.807) is 18.3 Å². The molecule has 0 saturated carbocycles. The Labute approximate surface area is 142 Å². The van der Waals surface area contributed by atoms with E-state index >= 15 is 0 Å². The molecule has 1 aliphatic rings. The van der Waals surface area contributed by atoms with E-state index in [9.17, 15) is 5.11 Å². The molecule has 0 aromatic heterocycles. The summed E-state index contributed by atoms with van der Waals surface area (Å²) in [4.78, 5) is 6.81. The van der Waals surface area contributed by atoms with E-state index in [0.29, 0.717) is 11.3 Å². The highest BCUT2D eigenvalue weighted by Crippen LogP contribution is 2.28. The van der Waals surface area contributed by atoms with Gasteiger partial charge in [-0.25, -0.2) is 0 Å². The summed E-state index contributed by atoms with van der Waals surface area (Å²) in [5, 5.41) is 10.1. The molecule has 1 heterocycles. The number of hydrogen-bond acceptors (Lipinski definition) is 5. The highest BCUT2D eigenvalue weighted by molar-refractivity contribution is 5.86. The molecular formula is C19H22N2O3. The van der Waals surface area contributed by atoms with Crippen LogP contribution in [0.3, 0.4) is 0 Å². The number of benzene rings is 2. The number of phenolic OH excluding ortho intramolecular Hbond substituents is 1. The quantitative estimate of drug-likeness (QED) is 0.858. The summed E-state index contributed by atoms with van der Waals surface area (Å²) in [6.07, 6.45) is 1.65. The Balaban J connectivity index is 1.65. The third-order valence-electron chi connectivity index (χ3n) is 4.05. The molecule has 24 heavy (non-hydrogen) atoms. The summed E-state index contributed by atoms with van der Waals surface area (Å²) in [7, 11) is 1.53. The molecule has 0 atom stereocenters. The first kappa shape index (κ1) is 16.5. The predicted octanol–water partition coefficient (Wildman–Crippen LogP) is 2.98. The van der Waals surface area contributed by atoms with Crippen molar-refractivity contribution >= 4 is 11.9 Å². The number of nitrogens with zero attached hydrogens (tertiary/aromatic N) is 2. The first-order chi connectivity index (χ1) is 11.8. The first-order valence-electron chi connectivity index (χ1n) is 8.05. The van der Waals surface area contributed by atoms with E-state index in [0.717, 1.165) is 38.5 Å². The van der Waals surface area contributed by atoms with Gasteiger partial charge in [0.1, 0.15) is 0 Å². The molecule has 2 aromatic carbocycles. The molecule has 5 heteroatoms. The van der Waals surface area contributed by atoms with Gasteiger partial charge in [0.25, 0.3) is 0 Å². The van der Waals surface area contributed by atoms with Crippen molar-refractivity contribution in [2.45, 2.75) is 6.54 Å². The van der Waals surface area contributed by atoms with Crippen LogP contribution in [0.2, 0.25) is 0 Å². The number of hydrogen-bond donors (Lipinski definition) is 1. The van der Waals surface area contributed by atoms with Crippen LogP contribution in [0, 0.1) is 0 Å². The maximum absolute atomic E-state index is 10.1. The first-order valence-corrected chi connectivity index (χ1v) is 8.05. The molecule has 1 aliphatic heterocycles. The minimum absolute atomic E-state index is 0.104. The number of aromatic hydroxyl groups is 1. The van der Waals surface area contributed by atoms with Gasteiger partial charge >= 0.3 is 0 Å². The Morgan fingerprint density at radius 3 is 2.62 bits per heavy atom. The molecule has 0 amide bonds. The third-order valence-corrected chi connectivity index (χ3v) is 4.05. The standard InChI is InChI=1S/C19H22N2O3/c1-23-18-4-2-3-16(19(18)22)13-20-17-7-5-15(6-8-17)14-21-9-11-24-12-10-21/h2-8,13,22H,9-12,14H2,1H3. The van der Waals surface area contributed by atoms with Gasteiger partial charge in [-0.1, -0.05) is 18.2 Å². The summed E-state index contributed by atoms with van der Waals surface area (Å²) in [5.74, 6) is 0.549. The van der Waals surface area contributed by atoms with Gasteiger partial charge in [0.2, 0.25) is 0 Å². The van der Waals surface area contributed by atoms with Gasteiger partial charge in [-0.3, -0.25) is 9.89 Å². The highest BCUT2D eigenvalue weighted by atomic mass is 16.5. The number of morpholine rings is 1. The Bertz CT molecular complexity index is 692. The smallest absolute Gasteiger partial charge is 0.166 e. The second-order valence-electron chi connectivity index (χ2n) is 5.71. The molecule has 1 fully saturated rings. The fraction of sp³-hybridized carbons (Fsp3) is 0.316. The van der Waals surface area contributed by atoms with Crippen LogP contribution in [0.1, 0.15) is 11.1 Å². The van der Waals surface area contributed by atoms with Crippen molar-refractivity contribution in [3.63, 3.8) is 0 Å². The number of para-hydroxylation sites is 1. The van der Waals surface area contributed by atoms with Gasteiger partial charge < -0.3 is 14.6 Å². The number of phenols is 1. The maximum atomic E-state index is 10.1. The fourth-order valence-corrected chi connectivity index (χ4v) is 2.66. The number of methoxy groups -OCH3 is 1. The van der Waals surface area contributed by atoms with Crippen molar-refractivity contribution in [3.8, 4) is 11.5 Å². The van der Waals surface area contributed by atoms with Gasteiger partial charge in [-0.05, 0) is 29.8 Å². The van der Waals surface area contributed by atoms with Crippen LogP contribution in [-0.4, -0.2) is 49.6 Å². The van der Waals surface area contributed by atoms with Crippen molar-refractivity contribution in [1.29, 1.82) is 0 Å². The average Bonchev–Trinajstić information content (AvgIpc) is 2.63. The van der Waals surface area contributed by atoms with Crippen molar-refractivity contribution in [3.05, 3.63) is 53.6 Å². The predicted molar refractivity (Wildman–Crippen MR) is 94.5 cm³/mol. The van der Waals surface area contributed by atoms with Crippen LogP contribution in [-0.2, 0) is 11.3 Å². The van der Waals surface area contributed by atoms with Crippen LogP contribution in [0.4, 0.5) is 5.69 Å². The Morgan fingerprint density at radius 2 is 1.92 bits per heavy atom. The third kappa shape index (κ3) is 4.13. The summed E-state index contributed by atoms with van der Waals surface area (Å²) in [6, 6.07) is 13.5. The largest absolute Gasteiger partial charge is 0.504 e. The zero-order valence-electron chi connectivity index (χ0n) is 13.8. The minimum atomic E-state index is 0.104. The topological polar surface area (TPSA) is 54.3 Å². The van der Waals surface area contributed by atoms with Crippen molar-refractivity contribution in [2.24, 2.45) is 4.99 Å². The van der Waals surface area contributed by atoms with Crippen LogP contribution in [0.5, 0.6) is 11.5 Å². The molecule has 1 N–H and O–H groups in total. The van der Waals surface area contributed by atoms with E-state index < -0.39 is 0 Å². The number of ether oxygens (including phenoxy) is 2. The lowest BCUT2D eigenvalue weighted by molar-refractivity contribution is 0.0342. The summed E-state index contributed by atoms with van der Waals surface area (Å²) < 4.78 is 10.5. The lowest BCUT2D eigenvalue weighted by atomic mass is 10.2. The van der Waals surface area contributed by atoms with Gasteiger partial charge in [0.15, 0.2) is 11.5 Å². The monoisotopic (exact) mass is 326 g/mol. The van der Waals surface area contributed by atoms with Gasteiger partial charge in [0.05, 0.1) is 26.0 Å². The molecule has 0 spiro atoms. The highest BCUT2D eigenvalue weighted by Gasteiger charge is 2.10. The molecule has 1 saturated heterocycles. The maximum Gasteiger partial charge on any atom is 0.166 e. The molecule has 0 unspecified atom stereocenters. The molecule has 126 valence electrons. The summed E-state index contributed by atoms with van der Waals surface area (Å²) >= 11 is 0. The molecule has 5 nitrogen and oxygen atoms in total. The van der Waals surface area contributed by atoms with E-state index in [1.807, 2.05) is 18.2 Å². The number of rotatable bonds is 5. The molecule has 0 bridgehead atoms. The van der Waals surface area contributed by atoms with Crippen LogP contribution < -0.4 is 4.74 Å². The van der Waals surface area contributed by atoms with Crippen molar-refractivity contribution < 1.29 is 14.6 Å². The van der Waals surface area contributed by atoms with Crippen LogP contribution >= 0.6 is 0 Å². The number of aliphatic imine (C=N–C) groups is 1. The summed E-state index contributed by atoms with van der Waals surface area (Å²) in [6.45, 7) is 4.52. The van der Waals surface area contributed by atoms with Gasteiger partial charge in [0, 0.05) is 31.4 Å². The molecule has 0 radical (unpaired) electrons. The van der Waals surface area contributed by atoms with Gasteiger partial charge in [-0.15, -0.1) is 0 Å². The van der Waals surface area contributed by atoms with E-state index in [1.165, 1.54) is 12.7 Å². The van der Waals surface area contributed by atoms with Crippen molar-refractivity contribution in [1.82, 2.24) is 4.90 Å². The zero-order chi connectivity index (χ0) is 16.8. The van der Waals surface area contributed by atoms with E-state index in [4.69, 9.17) is 9.47 Å². The van der Waals surface area contributed by atoms with Crippen LogP contribution in [0.15, 0.2) is 47.5 Å². The Morgan fingerprint density at radius 1 is 1.17 bits per heavy atom. The fourth-order valence-electron chi connectivity index (χ4n) is 2.66. The lowest BCUT2D eigenvalue weighted by Gasteiger charge is -2.26. The van der Waals surface area contributed by atoms with Crippen LogP contribution in [0.25, 0.3) is 0 Å². The molecule has 3 rings (SSSR count). The molecule has 2 aromatic rings. The molecule has 0 aliphatic carbocycles. The van der Waals surface area contributed by atoms with E-state index in [2.05, 4.69) is 22.0 Å². The second kappa shape index (κ2) is 7.95. The minimum Gasteiger partial charge on any atom is -0.504 e. The second-order valence-corrected chi connectivity index (χ2v) is 5.71. The normalized spacial score (nSPS) is 15.7. The van der Waals surface area contributed by atoms with E-state index in [-0.39, 0.29) is 5.75 Å². The van der Waals surface area contributed by atoms with Gasteiger partial charge in [-0.2, -0.15) is 0 Å². The SMILES string of the molecule is COc1cccc(C=Nc2ccc(CN3CCOCC3)cc2)c1O.